The number of hydrogen-bond donors (Lipinski definition) is 1. The van der Waals surface area contributed by atoms with Crippen molar-refractivity contribution in [1.29, 1.82) is 0 Å². The molecule has 0 radical (unpaired) electrons. The third kappa shape index (κ3) is 5.41. The van der Waals surface area contributed by atoms with Crippen molar-refractivity contribution < 1.29 is 4.74 Å². The number of nitrogen functional groups attached to an aromatic ring is 1. The molecular formula is C15H26N2O. The summed E-state index contributed by atoms with van der Waals surface area (Å²) in [5, 5.41) is 0. The molecule has 1 aromatic carbocycles. The van der Waals surface area contributed by atoms with Gasteiger partial charge in [-0.2, -0.15) is 0 Å². The van der Waals surface area contributed by atoms with Gasteiger partial charge < -0.3 is 15.4 Å². The predicted octanol–water partition coefficient (Wildman–Crippen LogP) is 3.16. The van der Waals surface area contributed by atoms with Gasteiger partial charge in [-0.3, -0.25) is 0 Å². The SMILES string of the molecule is CCCN(CCOCC(C)C)c1ccc(N)cc1. The van der Waals surface area contributed by atoms with Gasteiger partial charge in [0.15, 0.2) is 0 Å². The minimum atomic E-state index is 0.598. The van der Waals surface area contributed by atoms with Gasteiger partial charge in [-0.1, -0.05) is 20.8 Å². The molecule has 0 heterocycles. The van der Waals surface area contributed by atoms with Crippen molar-refractivity contribution in [1.82, 2.24) is 0 Å². The molecule has 0 amide bonds. The van der Waals surface area contributed by atoms with Crippen molar-refractivity contribution in [3.63, 3.8) is 0 Å². The van der Waals surface area contributed by atoms with E-state index in [9.17, 15) is 0 Å². The molecule has 0 aliphatic carbocycles. The standard InChI is InChI=1S/C15H26N2O/c1-4-9-17(10-11-18-12-13(2)3)15-7-5-14(16)6-8-15/h5-8,13H,4,9-12,16H2,1-3H3. The van der Waals surface area contributed by atoms with Gasteiger partial charge in [-0.05, 0) is 36.6 Å². The molecule has 0 fully saturated rings. The zero-order valence-corrected chi connectivity index (χ0v) is 11.9. The molecule has 18 heavy (non-hydrogen) atoms. The molecule has 0 saturated carbocycles. The van der Waals surface area contributed by atoms with Crippen LogP contribution in [-0.4, -0.2) is 26.3 Å². The van der Waals surface area contributed by atoms with Crippen LogP contribution in [0.4, 0.5) is 11.4 Å². The van der Waals surface area contributed by atoms with Crippen LogP contribution in [0.1, 0.15) is 27.2 Å². The predicted molar refractivity (Wildman–Crippen MR) is 79.0 cm³/mol. The fourth-order valence-electron chi connectivity index (χ4n) is 1.82. The highest BCUT2D eigenvalue weighted by Crippen LogP contribution is 2.16. The number of hydrogen-bond acceptors (Lipinski definition) is 3. The van der Waals surface area contributed by atoms with Gasteiger partial charge in [-0.25, -0.2) is 0 Å². The van der Waals surface area contributed by atoms with Gasteiger partial charge in [0.25, 0.3) is 0 Å². The first-order valence-corrected chi connectivity index (χ1v) is 6.81. The van der Waals surface area contributed by atoms with Crippen LogP contribution in [0.5, 0.6) is 0 Å². The molecule has 1 aromatic rings. The van der Waals surface area contributed by atoms with Crippen LogP contribution in [-0.2, 0) is 4.74 Å². The van der Waals surface area contributed by atoms with E-state index in [1.807, 2.05) is 12.1 Å². The summed E-state index contributed by atoms with van der Waals surface area (Å²) in [5.74, 6) is 0.598. The quantitative estimate of drug-likeness (QED) is 0.569. The molecule has 0 aliphatic heterocycles. The van der Waals surface area contributed by atoms with Crippen molar-refractivity contribution in [2.45, 2.75) is 27.2 Å². The number of benzene rings is 1. The molecule has 0 atom stereocenters. The first-order chi connectivity index (χ1) is 8.63. The molecule has 0 aromatic heterocycles. The Bertz CT molecular complexity index is 322. The third-order valence-corrected chi connectivity index (χ3v) is 2.71. The Balaban J connectivity index is 2.46. The molecule has 3 heteroatoms. The smallest absolute Gasteiger partial charge is 0.0641 e. The molecule has 0 spiro atoms. The zero-order valence-electron chi connectivity index (χ0n) is 11.9. The van der Waals surface area contributed by atoms with Crippen molar-refractivity contribution in [3.8, 4) is 0 Å². The number of nitrogens with two attached hydrogens (primary N) is 1. The lowest BCUT2D eigenvalue weighted by Gasteiger charge is -2.24. The van der Waals surface area contributed by atoms with Gasteiger partial charge in [0.2, 0.25) is 0 Å². The van der Waals surface area contributed by atoms with Gasteiger partial charge >= 0.3 is 0 Å². The number of rotatable bonds is 8. The van der Waals surface area contributed by atoms with E-state index in [1.165, 1.54) is 5.69 Å². The lowest BCUT2D eigenvalue weighted by Crippen LogP contribution is -2.28. The summed E-state index contributed by atoms with van der Waals surface area (Å²) in [5.41, 5.74) is 7.75. The number of anilines is 2. The van der Waals surface area contributed by atoms with Crippen LogP contribution in [0.15, 0.2) is 24.3 Å². The molecule has 0 bridgehead atoms. The highest BCUT2D eigenvalue weighted by molar-refractivity contribution is 5.53. The first kappa shape index (κ1) is 14.8. The van der Waals surface area contributed by atoms with E-state index in [4.69, 9.17) is 10.5 Å². The van der Waals surface area contributed by atoms with E-state index >= 15 is 0 Å². The van der Waals surface area contributed by atoms with Crippen molar-refractivity contribution in [2.24, 2.45) is 5.92 Å². The van der Waals surface area contributed by atoms with Crippen LogP contribution in [0.2, 0.25) is 0 Å². The minimum absolute atomic E-state index is 0.598. The maximum Gasteiger partial charge on any atom is 0.0641 e. The fraction of sp³-hybridized carbons (Fsp3) is 0.600. The number of nitrogens with zero attached hydrogens (tertiary/aromatic N) is 1. The van der Waals surface area contributed by atoms with E-state index in [0.717, 1.165) is 38.4 Å². The average Bonchev–Trinajstić information content (AvgIpc) is 2.34. The molecule has 102 valence electrons. The van der Waals surface area contributed by atoms with Crippen molar-refractivity contribution in [2.75, 3.05) is 36.9 Å². The van der Waals surface area contributed by atoms with Crippen molar-refractivity contribution >= 4 is 11.4 Å². The summed E-state index contributed by atoms with van der Waals surface area (Å²) in [6.07, 6.45) is 1.13. The topological polar surface area (TPSA) is 38.5 Å². The average molecular weight is 250 g/mol. The normalized spacial score (nSPS) is 10.9. The summed E-state index contributed by atoms with van der Waals surface area (Å²) in [6, 6.07) is 8.06. The molecule has 1 rings (SSSR count). The monoisotopic (exact) mass is 250 g/mol. The van der Waals surface area contributed by atoms with Crippen LogP contribution >= 0.6 is 0 Å². The van der Waals surface area contributed by atoms with Crippen LogP contribution in [0.3, 0.4) is 0 Å². The van der Waals surface area contributed by atoms with Gasteiger partial charge in [0.05, 0.1) is 6.61 Å². The Morgan fingerprint density at radius 3 is 2.39 bits per heavy atom. The summed E-state index contributed by atoms with van der Waals surface area (Å²) in [6.45, 7) is 10.1. The maximum atomic E-state index is 5.71. The van der Waals surface area contributed by atoms with Crippen LogP contribution in [0.25, 0.3) is 0 Å². The molecule has 0 aliphatic rings. The lowest BCUT2D eigenvalue weighted by atomic mass is 10.2. The van der Waals surface area contributed by atoms with Gasteiger partial charge in [0.1, 0.15) is 0 Å². The van der Waals surface area contributed by atoms with Crippen LogP contribution in [0, 0.1) is 5.92 Å². The van der Waals surface area contributed by atoms with E-state index < -0.39 is 0 Å². The van der Waals surface area contributed by atoms with Gasteiger partial charge in [-0.15, -0.1) is 0 Å². The second kappa shape index (κ2) is 7.98. The third-order valence-electron chi connectivity index (χ3n) is 2.71. The molecule has 3 nitrogen and oxygen atoms in total. The summed E-state index contributed by atoms with van der Waals surface area (Å²) < 4.78 is 5.65. The first-order valence-electron chi connectivity index (χ1n) is 6.81. The molecular weight excluding hydrogens is 224 g/mol. The molecule has 0 saturated heterocycles. The van der Waals surface area contributed by atoms with Crippen LogP contribution < -0.4 is 10.6 Å². The lowest BCUT2D eigenvalue weighted by molar-refractivity contribution is 0.115. The Hall–Kier alpha value is -1.22. The summed E-state index contributed by atoms with van der Waals surface area (Å²) >= 11 is 0. The maximum absolute atomic E-state index is 5.71. The molecule has 2 N–H and O–H groups in total. The van der Waals surface area contributed by atoms with Crippen molar-refractivity contribution in [3.05, 3.63) is 24.3 Å². The Morgan fingerprint density at radius 1 is 1.17 bits per heavy atom. The van der Waals surface area contributed by atoms with E-state index in [1.54, 1.807) is 0 Å². The zero-order chi connectivity index (χ0) is 13.4. The van der Waals surface area contributed by atoms with E-state index in [2.05, 4.69) is 37.8 Å². The largest absolute Gasteiger partial charge is 0.399 e. The van der Waals surface area contributed by atoms with Gasteiger partial charge in [0, 0.05) is 31.1 Å². The highest BCUT2D eigenvalue weighted by Gasteiger charge is 2.05. The second-order valence-electron chi connectivity index (χ2n) is 5.05. The Kier molecular flexibility index (Phi) is 6.58. The highest BCUT2D eigenvalue weighted by atomic mass is 16.5. The summed E-state index contributed by atoms with van der Waals surface area (Å²) in [7, 11) is 0. The Morgan fingerprint density at radius 2 is 1.83 bits per heavy atom. The summed E-state index contributed by atoms with van der Waals surface area (Å²) in [4.78, 5) is 2.35. The minimum Gasteiger partial charge on any atom is -0.399 e. The van der Waals surface area contributed by atoms with E-state index in [0.29, 0.717) is 5.92 Å². The molecule has 0 unspecified atom stereocenters. The second-order valence-corrected chi connectivity index (χ2v) is 5.05. The number of ether oxygens (including phenoxy) is 1. The fourth-order valence-corrected chi connectivity index (χ4v) is 1.82. The Labute approximate surface area is 111 Å². The van der Waals surface area contributed by atoms with E-state index in [-0.39, 0.29) is 0 Å².